The molecule has 21 heavy (non-hydrogen) atoms. The second-order valence-corrected chi connectivity index (χ2v) is 8.64. The van der Waals surface area contributed by atoms with E-state index in [4.69, 9.17) is 19.3 Å². The first-order valence-corrected chi connectivity index (χ1v) is 8.88. The topological polar surface area (TPSA) is 93.1 Å². The predicted octanol–water partition coefficient (Wildman–Crippen LogP) is 2.23. The third kappa shape index (κ3) is 12.0. The van der Waals surface area contributed by atoms with Crippen molar-refractivity contribution in [2.45, 2.75) is 41.0 Å². The molecule has 0 amide bonds. The van der Waals surface area contributed by atoms with E-state index in [2.05, 4.69) is 0 Å². The Hall–Kier alpha value is -0.260. The summed E-state index contributed by atoms with van der Waals surface area (Å²) < 4.78 is 21.7. The summed E-state index contributed by atoms with van der Waals surface area (Å²) in [7, 11) is -4.05. The van der Waals surface area contributed by atoms with Crippen LogP contribution in [0.15, 0.2) is 0 Å². The lowest BCUT2D eigenvalue weighted by atomic mass is 9.88. The highest BCUT2D eigenvalue weighted by atomic mass is 31.2. The van der Waals surface area contributed by atoms with Crippen molar-refractivity contribution in [2.24, 2.45) is 10.8 Å². The summed E-state index contributed by atoms with van der Waals surface area (Å²) >= 11 is 0. The maximum atomic E-state index is 11.7. The largest absolute Gasteiger partial charge is 0.380 e. The molecule has 0 fully saturated rings. The van der Waals surface area contributed by atoms with Gasteiger partial charge in [-0.15, -0.1) is 0 Å². The van der Waals surface area contributed by atoms with E-state index in [9.17, 15) is 9.36 Å². The van der Waals surface area contributed by atoms with Crippen LogP contribution in [0.4, 0.5) is 0 Å². The van der Waals surface area contributed by atoms with Gasteiger partial charge in [-0.25, -0.2) is 0 Å². The standard InChI is InChI=1S/C14H29O6P/c1-6-19-8-12(15)7-13(2,3)9-20-10-14(4,5)11-21(16,17)18/h6-11H2,1-5H3,(H2,16,17,18). The lowest BCUT2D eigenvalue weighted by Crippen LogP contribution is -2.30. The van der Waals surface area contributed by atoms with Gasteiger partial charge < -0.3 is 19.3 Å². The summed E-state index contributed by atoms with van der Waals surface area (Å²) in [5.74, 6) is 0.0277. The molecule has 126 valence electrons. The number of hydrogen-bond donors (Lipinski definition) is 2. The molecule has 6 nitrogen and oxygen atoms in total. The van der Waals surface area contributed by atoms with E-state index in [0.29, 0.717) is 19.6 Å². The minimum Gasteiger partial charge on any atom is -0.380 e. The first kappa shape index (κ1) is 20.7. The summed E-state index contributed by atoms with van der Waals surface area (Å²) in [5, 5.41) is 0. The Morgan fingerprint density at radius 2 is 1.57 bits per heavy atom. The maximum absolute atomic E-state index is 11.7. The molecule has 0 unspecified atom stereocenters. The van der Waals surface area contributed by atoms with Gasteiger partial charge in [0.05, 0.1) is 19.4 Å². The van der Waals surface area contributed by atoms with Crippen molar-refractivity contribution < 1.29 is 28.6 Å². The lowest BCUT2D eigenvalue weighted by molar-refractivity contribution is -0.126. The zero-order valence-corrected chi connectivity index (χ0v) is 14.6. The van der Waals surface area contributed by atoms with Gasteiger partial charge in [-0.3, -0.25) is 9.36 Å². The molecule has 0 aliphatic carbocycles. The number of Topliss-reactive ketones (excluding diaryl/α,β-unsaturated/α-hetero) is 1. The lowest BCUT2D eigenvalue weighted by Gasteiger charge is -2.28. The molecule has 7 heteroatoms. The second kappa shape index (κ2) is 8.39. The average Bonchev–Trinajstić information content (AvgIpc) is 2.21. The fourth-order valence-electron chi connectivity index (χ4n) is 2.06. The van der Waals surface area contributed by atoms with Crippen LogP contribution in [0.5, 0.6) is 0 Å². The van der Waals surface area contributed by atoms with Crippen molar-refractivity contribution in [3.05, 3.63) is 0 Å². The Balaban J connectivity index is 4.19. The second-order valence-electron chi connectivity index (χ2n) is 7.00. The molecule has 0 radical (unpaired) electrons. The molecule has 0 rings (SSSR count). The Kier molecular flexibility index (Phi) is 8.29. The Morgan fingerprint density at radius 1 is 1.05 bits per heavy atom. The normalized spacial score (nSPS) is 13.5. The van der Waals surface area contributed by atoms with Crippen LogP contribution in [-0.2, 0) is 18.8 Å². The van der Waals surface area contributed by atoms with Crippen molar-refractivity contribution in [2.75, 3.05) is 32.6 Å². The van der Waals surface area contributed by atoms with E-state index in [1.165, 1.54) is 0 Å². The first-order chi connectivity index (χ1) is 9.37. The van der Waals surface area contributed by atoms with Gasteiger partial charge in [0.2, 0.25) is 0 Å². The number of rotatable bonds is 11. The van der Waals surface area contributed by atoms with Crippen LogP contribution in [0, 0.1) is 10.8 Å². The highest BCUT2D eigenvalue weighted by Gasteiger charge is 2.30. The van der Waals surface area contributed by atoms with Gasteiger partial charge in [0.1, 0.15) is 6.61 Å². The molecule has 0 atom stereocenters. The molecule has 0 aliphatic heterocycles. The fraction of sp³-hybridized carbons (Fsp3) is 0.929. The predicted molar refractivity (Wildman–Crippen MR) is 81.4 cm³/mol. The van der Waals surface area contributed by atoms with Gasteiger partial charge in [-0.1, -0.05) is 27.7 Å². The van der Waals surface area contributed by atoms with Gasteiger partial charge in [-0.05, 0) is 17.8 Å². The van der Waals surface area contributed by atoms with Crippen LogP contribution in [0.2, 0.25) is 0 Å². The summed E-state index contributed by atoms with van der Waals surface area (Å²) in [6.07, 6.45) is 0.135. The van der Waals surface area contributed by atoms with Crippen LogP contribution in [0.1, 0.15) is 41.0 Å². The highest BCUT2D eigenvalue weighted by Crippen LogP contribution is 2.41. The fourth-order valence-corrected chi connectivity index (χ4v) is 3.27. The van der Waals surface area contributed by atoms with Crippen LogP contribution >= 0.6 is 7.60 Å². The van der Waals surface area contributed by atoms with E-state index < -0.39 is 13.0 Å². The molecule has 0 bridgehead atoms. The molecule has 0 aromatic rings. The van der Waals surface area contributed by atoms with E-state index in [1.54, 1.807) is 13.8 Å². The zero-order chi connectivity index (χ0) is 16.7. The van der Waals surface area contributed by atoms with Crippen molar-refractivity contribution in [1.29, 1.82) is 0 Å². The molecular formula is C14H29O6P. The minimum atomic E-state index is -4.05. The van der Waals surface area contributed by atoms with Crippen molar-refractivity contribution in [1.82, 2.24) is 0 Å². The molecular weight excluding hydrogens is 295 g/mol. The number of hydrogen-bond acceptors (Lipinski definition) is 4. The SMILES string of the molecule is CCOCC(=O)CC(C)(C)COCC(C)(C)CP(=O)(O)O. The molecule has 0 saturated carbocycles. The monoisotopic (exact) mass is 324 g/mol. The van der Waals surface area contributed by atoms with Crippen LogP contribution in [-0.4, -0.2) is 48.2 Å². The van der Waals surface area contributed by atoms with Crippen LogP contribution < -0.4 is 0 Å². The molecule has 0 spiro atoms. The number of ketones is 1. The number of ether oxygens (including phenoxy) is 2. The quantitative estimate of drug-likeness (QED) is 0.566. The molecule has 0 aromatic carbocycles. The molecule has 2 N–H and O–H groups in total. The molecule has 0 saturated heterocycles. The summed E-state index contributed by atoms with van der Waals surface area (Å²) in [6.45, 7) is 10.4. The van der Waals surface area contributed by atoms with Crippen LogP contribution in [0.3, 0.4) is 0 Å². The van der Waals surface area contributed by atoms with E-state index in [-0.39, 0.29) is 30.6 Å². The van der Waals surface area contributed by atoms with Gasteiger partial charge in [0.25, 0.3) is 0 Å². The number of carbonyl (C=O) groups excluding carboxylic acids is 1. The molecule has 0 heterocycles. The molecule has 0 aliphatic rings. The van der Waals surface area contributed by atoms with Gasteiger partial charge in [0.15, 0.2) is 5.78 Å². The Morgan fingerprint density at radius 3 is 2.05 bits per heavy atom. The third-order valence-electron chi connectivity index (χ3n) is 2.76. The zero-order valence-electron chi connectivity index (χ0n) is 13.7. The average molecular weight is 324 g/mol. The maximum Gasteiger partial charge on any atom is 0.326 e. The Bertz CT molecular complexity index is 372. The Labute approximate surface area is 127 Å². The summed E-state index contributed by atoms with van der Waals surface area (Å²) in [4.78, 5) is 29.7. The summed E-state index contributed by atoms with van der Waals surface area (Å²) in [6, 6.07) is 0. The van der Waals surface area contributed by atoms with Gasteiger partial charge in [-0.2, -0.15) is 0 Å². The van der Waals surface area contributed by atoms with E-state index in [1.807, 2.05) is 20.8 Å². The minimum absolute atomic E-state index is 0.0277. The first-order valence-electron chi connectivity index (χ1n) is 7.09. The van der Waals surface area contributed by atoms with E-state index >= 15 is 0 Å². The van der Waals surface area contributed by atoms with Crippen molar-refractivity contribution >= 4 is 13.4 Å². The highest BCUT2D eigenvalue weighted by molar-refractivity contribution is 7.51. The molecule has 0 aromatic heterocycles. The van der Waals surface area contributed by atoms with Crippen LogP contribution in [0.25, 0.3) is 0 Å². The summed E-state index contributed by atoms with van der Waals surface area (Å²) in [5.41, 5.74) is -0.934. The van der Waals surface area contributed by atoms with Crippen molar-refractivity contribution in [3.63, 3.8) is 0 Å². The van der Waals surface area contributed by atoms with E-state index in [0.717, 1.165) is 0 Å². The number of carbonyl (C=O) groups is 1. The van der Waals surface area contributed by atoms with Gasteiger partial charge in [0, 0.05) is 13.0 Å². The van der Waals surface area contributed by atoms with Gasteiger partial charge >= 0.3 is 7.60 Å². The smallest absolute Gasteiger partial charge is 0.326 e. The third-order valence-corrected chi connectivity index (χ3v) is 4.03. The van der Waals surface area contributed by atoms with Crippen molar-refractivity contribution in [3.8, 4) is 0 Å².